The van der Waals surface area contributed by atoms with Gasteiger partial charge in [0.1, 0.15) is 0 Å². The van der Waals surface area contributed by atoms with Crippen molar-refractivity contribution in [1.82, 2.24) is 0 Å². The third-order valence-corrected chi connectivity index (χ3v) is 3.64. The van der Waals surface area contributed by atoms with E-state index in [1.807, 2.05) is 79.4 Å². The fourth-order valence-corrected chi connectivity index (χ4v) is 2.74. The molecule has 1 aliphatic rings. The predicted molar refractivity (Wildman–Crippen MR) is 83.1 cm³/mol. The minimum atomic E-state index is -0.396. The second-order valence-corrected chi connectivity index (χ2v) is 5.50. The Kier molecular flexibility index (Phi) is 3.76. The fraction of sp³-hybridized carbons (Fsp3) is 0.278. The monoisotopic (exact) mass is 281 g/mol. The Balaban J connectivity index is 1.94. The second kappa shape index (κ2) is 5.70. The molecule has 1 heterocycles. The summed E-state index contributed by atoms with van der Waals surface area (Å²) < 4.78 is 5.83. The summed E-state index contributed by atoms with van der Waals surface area (Å²) in [6.07, 6.45) is -0.365. The summed E-state index contributed by atoms with van der Waals surface area (Å²) in [6, 6.07) is 19.8. The standard InChI is InChI=1S/C18H19NO2/c1-13(2)21-17-16(14-9-5-3-6-10-14)19(18(17)20)15-11-7-4-8-12-15/h3-13,16-17H,1-2H3/t16-,17-/m0/s1. The van der Waals surface area contributed by atoms with Crippen LogP contribution in [0.25, 0.3) is 0 Å². The van der Waals surface area contributed by atoms with Crippen LogP contribution in [0.4, 0.5) is 5.69 Å². The van der Waals surface area contributed by atoms with Crippen molar-refractivity contribution in [3.8, 4) is 0 Å². The number of benzene rings is 2. The first kappa shape index (κ1) is 13.8. The Morgan fingerprint density at radius 1 is 0.952 bits per heavy atom. The smallest absolute Gasteiger partial charge is 0.259 e. The van der Waals surface area contributed by atoms with Crippen LogP contribution in [0.2, 0.25) is 0 Å². The average molecular weight is 281 g/mol. The van der Waals surface area contributed by atoms with Gasteiger partial charge in [0.05, 0.1) is 12.1 Å². The predicted octanol–water partition coefficient (Wildman–Crippen LogP) is 3.57. The summed E-state index contributed by atoms with van der Waals surface area (Å²) in [7, 11) is 0. The molecular weight excluding hydrogens is 262 g/mol. The normalized spacial score (nSPS) is 21.5. The van der Waals surface area contributed by atoms with E-state index in [4.69, 9.17) is 4.74 Å². The molecule has 2 aromatic carbocycles. The minimum Gasteiger partial charge on any atom is -0.363 e. The zero-order valence-electron chi connectivity index (χ0n) is 12.3. The number of rotatable bonds is 4. The van der Waals surface area contributed by atoms with Crippen LogP contribution in [0.5, 0.6) is 0 Å². The van der Waals surface area contributed by atoms with Crippen molar-refractivity contribution in [3.63, 3.8) is 0 Å². The summed E-state index contributed by atoms with van der Waals surface area (Å²) >= 11 is 0. The van der Waals surface area contributed by atoms with Crippen molar-refractivity contribution < 1.29 is 9.53 Å². The van der Waals surface area contributed by atoms with Crippen LogP contribution in [0, 0.1) is 0 Å². The van der Waals surface area contributed by atoms with Gasteiger partial charge in [-0.05, 0) is 31.5 Å². The molecule has 0 aromatic heterocycles. The Morgan fingerprint density at radius 2 is 1.52 bits per heavy atom. The summed E-state index contributed by atoms with van der Waals surface area (Å²) in [6.45, 7) is 3.92. The van der Waals surface area contributed by atoms with Crippen molar-refractivity contribution in [3.05, 3.63) is 66.2 Å². The van der Waals surface area contributed by atoms with Gasteiger partial charge < -0.3 is 4.74 Å². The lowest BCUT2D eigenvalue weighted by Crippen LogP contribution is -2.60. The highest BCUT2D eigenvalue weighted by molar-refractivity contribution is 6.05. The van der Waals surface area contributed by atoms with E-state index in [9.17, 15) is 4.79 Å². The molecule has 0 spiro atoms. The molecule has 2 atom stereocenters. The van der Waals surface area contributed by atoms with E-state index in [2.05, 4.69) is 0 Å². The Bertz CT molecular complexity index is 610. The molecule has 1 fully saturated rings. The van der Waals surface area contributed by atoms with E-state index >= 15 is 0 Å². The number of carbonyl (C=O) groups is 1. The van der Waals surface area contributed by atoms with Crippen LogP contribution in [0.1, 0.15) is 25.5 Å². The van der Waals surface area contributed by atoms with Gasteiger partial charge >= 0.3 is 0 Å². The molecule has 1 aliphatic heterocycles. The van der Waals surface area contributed by atoms with Gasteiger partial charge in [-0.15, -0.1) is 0 Å². The van der Waals surface area contributed by atoms with Crippen molar-refractivity contribution >= 4 is 11.6 Å². The molecule has 2 aromatic rings. The number of nitrogens with zero attached hydrogens (tertiary/aromatic N) is 1. The maximum absolute atomic E-state index is 12.5. The lowest BCUT2D eigenvalue weighted by Gasteiger charge is -2.47. The number of hydrogen-bond acceptors (Lipinski definition) is 2. The van der Waals surface area contributed by atoms with Gasteiger partial charge in [0.25, 0.3) is 5.91 Å². The highest BCUT2D eigenvalue weighted by Gasteiger charge is 2.50. The van der Waals surface area contributed by atoms with Crippen molar-refractivity contribution in [1.29, 1.82) is 0 Å². The molecule has 3 nitrogen and oxygen atoms in total. The van der Waals surface area contributed by atoms with Crippen molar-refractivity contribution in [2.24, 2.45) is 0 Å². The van der Waals surface area contributed by atoms with Gasteiger partial charge in [0.2, 0.25) is 0 Å². The first-order chi connectivity index (χ1) is 10.2. The largest absolute Gasteiger partial charge is 0.363 e. The van der Waals surface area contributed by atoms with Crippen molar-refractivity contribution in [2.45, 2.75) is 32.1 Å². The molecule has 3 rings (SSSR count). The summed E-state index contributed by atoms with van der Waals surface area (Å²) in [5.74, 6) is 0.0313. The zero-order chi connectivity index (χ0) is 14.8. The van der Waals surface area contributed by atoms with Gasteiger partial charge in [-0.1, -0.05) is 48.5 Å². The molecule has 108 valence electrons. The molecule has 0 radical (unpaired) electrons. The molecule has 21 heavy (non-hydrogen) atoms. The van der Waals surface area contributed by atoms with Crippen LogP contribution in [-0.4, -0.2) is 18.1 Å². The molecule has 0 aliphatic carbocycles. The number of anilines is 1. The van der Waals surface area contributed by atoms with Crippen LogP contribution in [0.3, 0.4) is 0 Å². The van der Waals surface area contributed by atoms with E-state index in [1.165, 1.54) is 0 Å². The molecule has 1 saturated heterocycles. The minimum absolute atomic E-state index is 0.0306. The number of hydrogen-bond donors (Lipinski definition) is 0. The lowest BCUT2D eigenvalue weighted by molar-refractivity contribution is -0.146. The Labute approximate surface area is 125 Å². The highest BCUT2D eigenvalue weighted by Crippen LogP contribution is 2.41. The first-order valence-electron chi connectivity index (χ1n) is 7.27. The lowest BCUT2D eigenvalue weighted by atomic mass is 9.89. The van der Waals surface area contributed by atoms with E-state index in [1.54, 1.807) is 0 Å². The summed E-state index contributed by atoms with van der Waals surface area (Å²) in [4.78, 5) is 14.3. The fourth-order valence-electron chi connectivity index (χ4n) is 2.74. The average Bonchev–Trinajstić information content (AvgIpc) is 2.51. The third-order valence-electron chi connectivity index (χ3n) is 3.64. The molecular formula is C18H19NO2. The van der Waals surface area contributed by atoms with Crippen LogP contribution < -0.4 is 4.90 Å². The zero-order valence-corrected chi connectivity index (χ0v) is 12.3. The number of para-hydroxylation sites is 1. The molecule has 0 unspecified atom stereocenters. The third kappa shape index (κ3) is 2.57. The first-order valence-corrected chi connectivity index (χ1v) is 7.27. The van der Waals surface area contributed by atoms with Crippen LogP contribution in [-0.2, 0) is 9.53 Å². The number of ether oxygens (including phenoxy) is 1. The van der Waals surface area contributed by atoms with E-state index < -0.39 is 6.10 Å². The van der Waals surface area contributed by atoms with Gasteiger partial charge in [-0.2, -0.15) is 0 Å². The van der Waals surface area contributed by atoms with Gasteiger partial charge in [-0.3, -0.25) is 9.69 Å². The SMILES string of the molecule is CC(C)O[C@@H]1C(=O)N(c2ccccc2)[C@H]1c1ccccc1. The Hall–Kier alpha value is -2.13. The second-order valence-electron chi connectivity index (χ2n) is 5.50. The van der Waals surface area contributed by atoms with Crippen LogP contribution >= 0.6 is 0 Å². The number of β-lactam (4-membered cyclic amide) rings is 1. The molecule has 0 N–H and O–H groups in total. The van der Waals surface area contributed by atoms with Gasteiger partial charge in [0, 0.05) is 5.69 Å². The van der Waals surface area contributed by atoms with Gasteiger partial charge in [0.15, 0.2) is 6.10 Å². The van der Waals surface area contributed by atoms with E-state index in [0.29, 0.717) is 0 Å². The van der Waals surface area contributed by atoms with E-state index in [-0.39, 0.29) is 18.1 Å². The number of carbonyl (C=O) groups excluding carboxylic acids is 1. The topological polar surface area (TPSA) is 29.5 Å². The molecule has 0 saturated carbocycles. The molecule has 3 heteroatoms. The Morgan fingerprint density at radius 3 is 2.10 bits per heavy atom. The van der Waals surface area contributed by atoms with Gasteiger partial charge in [-0.25, -0.2) is 0 Å². The van der Waals surface area contributed by atoms with E-state index in [0.717, 1.165) is 11.3 Å². The molecule has 0 bridgehead atoms. The van der Waals surface area contributed by atoms with Crippen molar-refractivity contribution in [2.75, 3.05) is 4.90 Å². The molecule has 1 amide bonds. The summed E-state index contributed by atoms with van der Waals surface area (Å²) in [5, 5.41) is 0. The summed E-state index contributed by atoms with van der Waals surface area (Å²) in [5.41, 5.74) is 2.02. The maximum atomic E-state index is 12.5. The highest BCUT2D eigenvalue weighted by atomic mass is 16.5. The van der Waals surface area contributed by atoms with Crippen LogP contribution in [0.15, 0.2) is 60.7 Å². The number of amides is 1. The quantitative estimate of drug-likeness (QED) is 0.802. The maximum Gasteiger partial charge on any atom is 0.259 e.